The second kappa shape index (κ2) is 6.73. The molecule has 17 heavy (non-hydrogen) atoms. The number of hydrogen-bond acceptors (Lipinski definition) is 5. The lowest BCUT2D eigenvalue weighted by Crippen LogP contribution is -2.39. The molecule has 0 aliphatic heterocycles. The number of thioether (sulfide) groups is 1. The van der Waals surface area contributed by atoms with E-state index in [-0.39, 0.29) is 0 Å². The van der Waals surface area contributed by atoms with E-state index in [0.29, 0.717) is 6.04 Å². The van der Waals surface area contributed by atoms with Crippen molar-refractivity contribution in [2.45, 2.75) is 50.3 Å². The number of rotatable bonds is 6. The van der Waals surface area contributed by atoms with E-state index in [9.17, 15) is 0 Å². The Bertz CT molecular complexity index is 334. The van der Waals surface area contributed by atoms with Crippen molar-refractivity contribution in [2.24, 2.45) is 5.84 Å². The maximum absolute atomic E-state index is 5.63. The van der Waals surface area contributed by atoms with Gasteiger partial charge in [-0.15, -0.1) is 11.3 Å². The van der Waals surface area contributed by atoms with Crippen LogP contribution in [-0.2, 0) is 6.42 Å². The van der Waals surface area contributed by atoms with Crippen molar-refractivity contribution in [1.82, 2.24) is 10.4 Å². The van der Waals surface area contributed by atoms with Gasteiger partial charge in [-0.25, -0.2) is 4.98 Å². The molecule has 1 fully saturated rings. The lowest BCUT2D eigenvalue weighted by Gasteiger charge is -2.16. The molecule has 1 aromatic heterocycles. The third kappa shape index (κ3) is 4.25. The summed E-state index contributed by atoms with van der Waals surface area (Å²) in [5.74, 6) is 6.72. The number of aromatic nitrogens is 1. The van der Waals surface area contributed by atoms with E-state index in [0.717, 1.165) is 23.1 Å². The van der Waals surface area contributed by atoms with Crippen LogP contribution in [-0.4, -0.2) is 22.0 Å². The van der Waals surface area contributed by atoms with Gasteiger partial charge in [-0.05, 0) is 19.8 Å². The van der Waals surface area contributed by atoms with E-state index in [1.165, 1.54) is 30.7 Å². The van der Waals surface area contributed by atoms with Crippen LogP contribution in [0.15, 0.2) is 5.38 Å². The van der Waals surface area contributed by atoms with Crippen LogP contribution < -0.4 is 11.3 Å². The minimum Gasteiger partial charge on any atom is -0.271 e. The van der Waals surface area contributed by atoms with Gasteiger partial charge in [0.1, 0.15) is 0 Å². The predicted molar refractivity (Wildman–Crippen MR) is 76.4 cm³/mol. The van der Waals surface area contributed by atoms with Crippen LogP contribution in [0, 0.1) is 6.92 Å². The Balaban J connectivity index is 1.75. The highest BCUT2D eigenvalue weighted by Gasteiger charge is 2.18. The SMILES string of the molecule is Cc1csc(CC(CSC2CCCC2)NN)n1. The normalized spacial score (nSPS) is 18.7. The smallest absolute Gasteiger partial charge is 0.0944 e. The zero-order valence-electron chi connectivity index (χ0n) is 10.3. The molecule has 1 heterocycles. The van der Waals surface area contributed by atoms with Crippen molar-refractivity contribution in [3.63, 3.8) is 0 Å². The fraction of sp³-hybridized carbons (Fsp3) is 0.750. The average molecular weight is 271 g/mol. The van der Waals surface area contributed by atoms with E-state index in [4.69, 9.17) is 5.84 Å². The molecule has 1 aliphatic rings. The summed E-state index contributed by atoms with van der Waals surface area (Å²) in [4.78, 5) is 4.49. The van der Waals surface area contributed by atoms with Gasteiger partial charge in [0, 0.05) is 34.5 Å². The second-order valence-electron chi connectivity index (χ2n) is 4.69. The molecule has 3 nitrogen and oxygen atoms in total. The molecule has 0 spiro atoms. The minimum atomic E-state index is 0.353. The first kappa shape index (κ1) is 13.3. The molecule has 1 atom stereocenters. The molecule has 0 saturated heterocycles. The molecule has 1 saturated carbocycles. The predicted octanol–water partition coefficient (Wildman–Crippen LogP) is 2.50. The first-order valence-electron chi connectivity index (χ1n) is 6.26. The fourth-order valence-electron chi connectivity index (χ4n) is 2.18. The summed E-state index contributed by atoms with van der Waals surface area (Å²) in [7, 11) is 0. The maximum Gasteiger partial charge on any atom is 0.0944 e. The van der Waals surface area contributed by atoms with E-state index in [1.54, 1.807) is 11.3 Å². The van der Waals surface area contributed by atoms with Crippen molar-refractivity contribution in [3.8, 4) is 0 Å². The quantitative estimate of drug-likeness (QED) is 0.616. The highest BCUT2D eigenvalue weighted by atomic mass is 32.2. The van der Waals surface area contributed by atoms with Gasteiger partial charge >= 0.3 is 0 Å². The average Bonchev–Trinajstić information content (AvgIpc) is 2.96. The summed E-state index contributed by atoms with van der Waals surface area (Å²) < 4.78 is 0. The Morgan fingerprint density at radius 2 is 2.35 bits per heavy atom. The van der Waals surface area contributed by atoms with Crippen molar-refractivity contribution < 1.29 is 0 Å². The molecule has 2 rings (SSSR count). The Hall–Kier alpha value is -0.100. The third-order valence-electron chi connectivity index (χ3n) is 3.16. The van der Waals surface area contributed by atoms with Crippen LogP contribution >= 0.6 is 23.1 Å². The van der Waals surface area contributed by atoms with Crippen LogP contribution in [0.4, 0.5) is 0 Å². The second-order valence-corrected chi connectivity index (χ2v) is 6.97. The molecule has 1 aromatic rings. The zero-order chi connectivity index (χ0) is 12.1. The molecule has 0 bridgehead atoms. The number of thiazole rings is 1. The molecular formula is C12H21N3S2. The monoisotopic (exact) mass is 271 g/mol. The lowest BCUT2D eigenvalue weighted by atomic mass is 10.2. The molecule has 1 aliphatic carbocycles. The molecule has 1 unspecified atom stereocenters. The van der Waals surface area contributed by atoms with E-state index in [2.05, 4.69) is 27.6 Å². The minimum absolute atomic E-state index is 0.353. The Labute approximate surface area is 112 Å². The van der Waals surface area contributed by atoms with E-state index in [1.807, 2.05) is 6.92 Å². The van der Waals surface area contributed by atoms with Gasteiger partial charge in [0.05, 0.1) is 5.01 Å². The van der Waals surface area contributed by atoms with Gasteiger partial charge in [-0.1, -0.05) is 12.8 Å². The Kier molecular flexibility index (Phi) is 5.28. The molecule has 96 valence electrons. The Morgan fingerprint density at radius 1 is 1.59 bits per heavy atom. The fourth-order valence-corrected chi connectivity index (χ4v) is 4.42. The summed E-state index contributed by atoms with van der Waals surface area (Å²) >= 11 is 3.81. The summed E-state index contributed by atoms with van der Waals surface area (Å²) in [6.45, 7) is 2.04. The topological polar surface area (TPSA) is 50.9 Å². The van der Waals surface area contributed by atoms with E-state index < -0.39 is 0 Å². The van der Waals surface area contributed by atoms with Crippen LogP contribution in [0.5, 0.6) is 0 Å². The van der Waals surface area contributed by atoms with Crippen LogP contribution in [0.25, 0.3) is 0 Å². The first-order chi connectivity index (χ1) is 8.28. The number of nitrogens with two attached hydrogens (primary N) is 1. The van der Waals surface area contributed by atoms with Gasteiger partial charge in [0.2, 0.25) is 0 Å². The maximum atomic E-state index is 5.63. The highest BCUT2D eigenvalue weighted by Crippen LogP contribution is 2.30. The van der Waals surface area contributed by atoms with Crippen molar-refractivity contribution in [3.05, 3.63) is 16.1 Å². The number of hydrogen-bond donors (Lipinski definition) is 2. The van der Waals surface area contributed by atoms with E-state index >= 15 is 0 Å². The summed E-state index contributed by atoms with van der Waals surface area (Å²) in [6, 6.07) is 0.353. The molecule has 0 aromatic carbocycles. The lowest BCUT2D eigenvalue weighted by molar-refractivity contribution is 0.573. The van der Waals surface area contributed by atoms with Gasteiger partial charge in [0.25, 0.3) is 0 Å². The van der Waals surface area contributed by atoms with Gasteiger partial charge in [-0.3, -0.25) is 11.3 Å². The Morgan fingerprint density at radius 3 is 2.94 bits per heavy atom. The van der Waals surface area contributed by atoms with Crippen LogP contribution in [0.2, 0.25) is 0 Å². The molecule has 5 heteroatoms. The molecule has 0 amide bonds. The molecule has 3 N–H and O–H groups in total. The van der Waals surface area contributed by atoms with Gasteiger partial charge in [-0.2, -0.15) is 11.8 Å². The number of nitrogens with zero attached hydrogens (tertiary/aromatic N) is 1. The summed E-state index contributed by atoms with van der Waals surface area (Å²) in [6.07, 6.45) is 6.54. The largest absolute Gasteiger partial charge is 0.271 e. The first-order valence-corrected chi connectivity index (χ1v) is 8.19. The molecular weight excluding hydrogens is 250 g/mol. The number of hydrazine groups is 1. The zero-order valence-corrected chi connectivity index (χ0v) is 11.9. The number of nitrogens with one attached hydrogen (secondary N) is 1. The van der Waals surface area contributed by atoms with Gasteiger partial charge < -0.3 is 0 Å². The highest BCUT2D eigenvalue weighted by molar-refractivity contribution is 7.99. The summed E-state index contributed by atoms with van der Waals surface area (Å²) in [5, 5.41) is 4.16. The molecule has 0 radical (unpaired) electrons. The number of aryl methyl sites for hydroxylation is 1. The van der Waals surface area contributed by atoms with Crippen LogP contribution in [0.3, 0.4) is 0 Å². The summed E-state index contributed by atoms with van der Waals surface area (Å²) in [5.41, 5.74) is 4.04. The van der Waals surface area contributed by atoms with Crippen molar-refractivity contribution in [2.75, 3.05) is 5.75 Å². The van der Waals surface area contributed by atoms with Crippen molar-refractivity contribution >= 4 is 23.1 Å². The van der Waals surface area contributed by atoms with Gasteiger partial charge in [0.15, 0.2) is 0 Å². The van der Waals surface area contributed by atoms with Crippen LogP contribution in [0.1, 0.15) is 36.4 Å². The third-order valence-corrected chi connectivity index (χ3v) is 5.69. The van der Waals surface area contributed by atoms with Crippen molar-refractivity contribution in [1.29, 1.82) is 0 Å². The standard InChI is InChI=1S/C12H21N3S2/c1-9-7-17-12(14-9)6-10(15-13)8-16-11-4-2-3-5-11/h7,10-11,15H,2-6,8,13H2,1H3.